The van der Waals surface area contributed by atoms with E-state index in [2.05, 4.69) is 0 Å². The monoisotopic (exact) mass is 331 g/mol. The standard InChI is InChI=1S/C19H19F2NO2/c1-13-12-22(16-6-4-5-15(11-16)19(2,20)21)18(24-13)14-7-9-17(23-3)10-8-14/h4-12,18H,1-3H3. The Hall–Kier alpha value is -2.56. The van der Waals surface area contributed by atoms with Gasteiger partial charge in [0, 0.05) is 29.9 Å². The minimum atomic E-state index is -2.88. The van der Waals surface area contributed by atoms with Gasteiger partial charge in [0.1, 0.15) is 11.5 Å². The number of benzene rings is 2. The highest BCUT2D eigenvalue weighted by Gasteiger charge is 2.29. The third-order valence-electron chi connectivity index (χ3n) is 3.92. The van der Waals surface area contributed by atoms with E-state index >= 15 is 0 Å². The quantitative estimate of drug-likeness (QED) is 0.768. The molecule has 0 saturated heterocycles. The normalized spacial score (nSPS) is 17.5. The molecule has 0 aromatic heterocycles. The average Bonchev–Trinajstić information content (AvgIpc) is 2.96. The fourth-order valence-electron chi connectivity index (χ4n) is 2.67. The molecule has 1 aliphatic rings. The van der Waals surface area contributed by atoms with Crippen molar-refractivity contribution in [3.8, 4) is 5.75 Å². The number of anilines is 1. The molecule has 0 N–H and O–H groups in total. The van der Waals surface area contributed by atoms with Crippen LogP contribution in [0.25, 0.3) is 0 Å². The minimum Gasteiger partial charge on any atom is -0.497 e. The molecule has 3 nitrogen and oxygen atoms in total. The van der Waals surface area contributed by atoms with E-state index in [1.165, 1.54) is 12.1 Å². The van der Waals surface area contributed by atoms with Gasteiger partial charge in [0.05, 0.1) is 7.11 Å². The molecule has 2 aromatic carbocycles. The van der Waals surface area contributed by atoms with Crippen molar-refractivity contribution < 1.29 is 18.3 Å². The molecule has 1 heterocycles. The SMILES string of the molecule is COc1ccc(C2OC(C)=CN2c2cccc(C(C)(F)F)c2)cc1. The van der Waals surface area contributed by atoms with E-state index < -0.39 is 12.2 Å². The predicted octanol–water partition coefficient (Wildman–Crippen LogP) is 5.20. The van der Waals surface area contributed by atoms with Crippen LogP contribution in [0.4, 0.5) is 14.5 Å². The van der Waals surface area contributed by atoms with Crippen molar-refractivity contribution in [2.75, 3.05) is 12.0 Å². The van der Waals surface area contributed by atoms with Crippen LogP contribution >= 0.6 is 0 Å². The highest BCUT2D eigenvalue weighted by Crippen LogP contribution is 2.38. The lowest BCUT2D eigenvalue weighted by molar-refractivity contribution is 0.0175. The maximum atomic E-state index is 13.6. The molecule has 24 heavy (non-hydrogen) atoms. The number of nitrogens with zero attached hydrogens (tertiary/aromatic N) is 1. The van der Waals surface area contributed by atoms with Gasteiger partial charge in [-0.25, -0.2) is 8.78 Å². The van der Waals surface area contributed by atoms with Gasteiger partial charge in [0.2, 0.25) is 6.23 Å². The van der Waals surface area contributed by atoms with Crippen molar-refractivity contribution in [1.82, 2.24) is 0 Å². The topological polar surface area (TPSA) is 21.7 Å². The summed E-state index contributed by atoms with van der Waals surface area (Å²) in [4.78, 5) is 1.85. The van der Waals surface area contributed by atoms with E-state index in [9.17, 15) is 8.78 Å². The molecule has 2 aromatic rings. The number of halogens is 2. The largest absolute Gasteiger partial charge is 0.497 e. The summed E-state index contributed by atoms with van der Waals surface area (Å²) >= 11 is 0. The first-order chi connectivity index (χ1) is 11.4. The summed E-state index contributed by atoms with van der Waals surface area (Å²) in [6, 6.07) is 13.9. The van der Waals surface area contributed by atoms with Crippen molar-refractivity contribution in [3.63, 3.8) is 0 Å². The van der Waals surface area contributed by atoms with Gasteiger partial charge < -0.3 is 14.4 Å². The second-order valence-electron chi connectivity index (χ2n) is 5.83. The van der Waals surface area contributed by atoms with Gasteiger partial charge in [-0.05, 0) is 43.3 Å². The minimum absolute atomic E-state index is 0.0218. The van der Waals surface area contributed by atoms with Crippen LogP contribution in [0.15, 0.2) is 60.5 Å². The summed E-state index contributed by atoms with van der Waals surface area (Å²) in [5.74, 6) is -1.41. The Morgan fingerprint density at radius 2 is 1.83 bits per heavy atom. The van der Waals surface area contributed by atoms with Crippen LogP contribution in [-0.4, -0.2) is 7.11 Å². The van der Waals surface area contributed by atoms with Crippen molar-refractivity contribution in [2.45, 2.75) is 26.0 Å². The Kier molecular flexibility index (Phi) is 4.18. The maximum absolute atomic E-state index is 13.6. The smallest absolute Gasteiger partial charge is 0.270 e. The molecule has 0 bridgehead atoms. The first-order valence-corrected chi connectivity index (χ1v) is 7.64. The number of alkyl halides is 2. The first-order valence-electron chi connectivity index (χ1n) is 7.64. The molecular weight excluding hydrogens is 312 g/mol. The Bertz CT molecular complexity index is 751. The van der Waals surface area contributed by atoms with E-state index in [4.69, 9.17) is 9.47 Å². The second kappa shape index (κ2) is 6.15. The molecule has 1 atom stereocenters. The molecule has 0 amide bonds. The fraction of sp³-hybridized carbons (Fsp3) is 0.263. The van der Waals surface area contributed by atoms with Gasteiger partial charge in [0.25, 0.3) is 5.92 Å². The van der Waals surface area contributed by atoms with E-state index in [1.807, 2.05) is 42.3 Å². The molecule has 3 rings (SSSR count). The summed E-state index contributed by atoms with van der Waals surface area (Å²) in [5.41, 5.74) is 1.55. The highest BCUT2D eigenvalue weighted by atomic mass is 19.3. The van der Waals surface area contributed by atoms with E-state index in [-0.39, 0.29) is 5.56 Å². The number of hydrogen-bond acceptors (Lipinski definition) is 3. The summed E-state index contributed by atoms with van der Waals surface area (Å²) < 4.78 is 38.3. The first kappa shape index (κ1) is 16.3. The van der Waals surface area contributed by atoms with Gasteiger partial charge in [-0.1, -0.05) is 12.1 Å². The lowest BCUT2D eigenvalue weighted by Gasteiger charge is -2.25. The number of ether oxygens (including phenoxy) is 2. The molecule has 0 aliphatic carbocycles. The summed E-state index contributed by atoms with van der Waals surface area (Å²) in [5, 5.41) is 0. The number of rotatable bonds is 4. The lowest BCUT2D eigenvalue weighted by atomic mass is 10.1. The molecule has 1 unspecified atom stereocenters. The van der Waals surface area contributed by atoms with Crippen molar-refractivity contribution in [3.05, 3.63) is 71.6 Å². The highest BCUT2D eigenvalue weighted by molar-refractivity contribution is 5.55. The predicted molar refractivity (Wildman–Crippen MR) is 89.1 cm³/mol. The zero-order valence-corrected chi connectivity index (χ0v) is 13.8. The average molecular weight is 331 g/mol. The second-order valence-corrected chi connectivity index (χ2v) is 5.83. The van der Waals surface area contributed by atoms with E-state index in [0.29, 0.717) is 5.69 Å². The van der Waals surface area contributed by atoms with Crippen molar-refractivity contribution in [1.29, 1.82) is 0 Å². The third-order valence-corrected chi connectivity index (χ3v) is 3.92. The van der Waals surface area contributed by atoms with E-state index in [1.54, 1.807) is 19.2 Å². The molecule has 0 fully saturated rings. The number of methoxy groups -OCH3 is 1. The fourth-order valence-corrected chi connectivity index (χ4v) is 2.67. The van der Waals surface area contributed by atoms with Crippen LogP contribution in [0.5, 0.6) is 5.75 Å². The molecule has 5 heteroatoms. The van der Waals surface area contributed by atoms with Crippen LogP contribution in [0.1, 0.15) is 31.2 Å². The summed E-state index contributed by atoms with van der Waals surface area (Å²) in [6.45, 7) is 2.74. The van der Waals surface area contributed by atoms with Crippen molar-refractivity contribution in [2.24, 2.45) is 0 Å². The van der Waals surface area contributed by atoms with Gasteiger partial charge >= 0.3 is 0 Å². The van der Waals surface area contributed by atoms with Crippen LogP contribution in [0.2, 0.25) is 0 Å². The summed E-state index contributed by atoms with van der Waals surface area (Å²) in [6.07, 6.45) is 1.43. The molecule has 126 valence electrons. The Balaban J connectivity index is 1.95. The zero-order chi connectivity index (χ0) is 17.3. The molecule has 1 aliphatic heterocycles. The van der Waals surface area contributed by atoms with Gasteiger partial charge in [-0.15, -0.1) is 0 Å². The number of hydrogen-bond donors (Lipinski definition) is 0. The van der Waals surface area contributed by atoms with E-state index in [0.717, 1.165) is 24.0 Å². The van der Waals surface area contributed by atoms with Crippen molar-refractivity contribution >= 4 is 5.69 Å². The van der Waals surface area contributed by atoms with Crippen LogP contribution in [0.3, 0.4) is 0 Å². The van der Waals surface area contributed by atoms with Gasteiger partial charge in [-0.3, -0.25) is 0 Å². The lowest BCUT2D eigenvalue weighted by Crippen LogP contribution is -2.20. The molecule has 0 radical (unpaired) electrons. The molecule has 0 saturated carbocycles. The van der Waals surface area contributed by atoms with Gasteiger partial charge in [-0.2, -0.15) is 0 Å². The molecule has 0 spiro atoms. The van der Waals surface area contributed by atoms with Gasteiger partial charge in [0.15, 0.2) is 0 Å². The molecular formula is C19H19F2NO2. The van der Waals surface area contributed by atoms with Crippen LogP contribution in [0, 0.1) is 0 Å². The zero-order valence-electron chi connectivity index (χ0n) is 13.8. The Morgan fingerprint density at radius 3 is 2.46 bits per heavy atom. The van der Waals surface area contributed by atoms with Crippen LogP contribution in [-0.2, 0) is 10.7 Å². The Labute approximate surface area is 140 Å². The third kappa shape index (κ3) is 3.20. The van der Waals surface area contributed by atoms with Crippen LogP contribution < -0.4 is 9.64 Å². The summed E-state index contributed by atoms with van der Waals surface area (Å²) in [7, 11) is 1.61. The Morgan fingerprint density at radius 1 is 1.12 bits per heavy atom. The number of allylic oxidation sites excluding steroid dienone is 1. The maximum Gasteiger partial charge on any atom is 0.270 e.